The number of carbonyl (C=O) groups excluding carboxylic acids is 3. The molecule has 1 amide bonds. The number of amides is 1. The van der Waals surface area contributed by atoms with Crippen LogP contribution in [0.4, 0.5) is 4.79 Å². The Morgan fingerprint density at radius 1 is 0.902 bits per heavy atom. The van der Waals surface area contributed by atoms with Gasteiger partial charge in [0.15, 0.2) is 6.10 Å². The van der Waals surface area contributed by atoms with Crippen LogP contribution in [0.3, 0.4) is 0 Å². The molecule has 41 heavy (non-hydrogen) atoms. The average molecular weight is 577 g/mol. The molecule has 1 saturated heterocycles. The van der Waals surface area contributed by atoms with Crippen LogP contribution in [0, 0.1) is 5.92 Å². The molecule has 216 valence electrons. The third kappa shape index (κ3) is 8.83. The fraction of sp³-hybridized carbons (Fsp3) is 0.344. The van der Waals surface area contributed by atoms with Gasteiger partial charge in [0.05, 0.1) is 12.5 Å². The van der Waals surface area contributed by atoms with Crippen molar-refractivity contribution >= 4 is 29.8 Å². The Labute approximate surface area is 245 Å². The second-order valence-corrected chi connectivity index (χ2v) is 11.1. The molecule has 0 radical (unpaired) electrons. The Balaban J connectivity index is 1.45. The molecule has 3 aromatic rings. The van der Waals surface area contributed by atoms with Crippen molar-refractivity contribution in [1.82, 2.24) is 10.6 Å². The summed E-state index contributed by atoms with van der Waals surface area (Å²) < 4.78 is 16.4. The van der Waals surface area contributed by atoms with Gasteiger partial charge in [0.2, 0.25) is 0 Å². The highest BCUT2D eigenvalue weighted by Gasteiger charge is 2.34. The Morgan fingerprint density at radius 3 is 2.07 bits per heavy atom. The SMILES string of the molecule is COC(=O)[C@@H]1CS[C@@H]([C@H](C)CC[C@@H](NC(=O)OCc2ccccc2)C(=O)OC(c2ccccc2)c2ccccc2)N1. The van der Waals surface area contributed by atoms with Crippen LogP contribution in [0.15, 0.2) is 91.0 Å². The molecular formula is C32H36N2O6S. The maximum absolute atomic E-state index is 13.6. The average Bonchev–Trinajstić information content (AvgIpc) is 3.52. The predicted molar refractivity (Wildman–Crippen MR) is 158 cm³/mol. The zero-order valence-electron chi connectivity index (χ0n) is 23.2. The van der Waals surface area contributed by atoms with E-state index in [0.29, 0.717) is 18.6 Å². The number of methoxy groups -OCH3 is 1. The number of esters is 2. The van der Waals surface area contributed by atoms with Gasteiger partial charge < -0.3 is 19.5 Å². The first-order valence-electron chi connectivity index (χ1n) is 13.7. The Bertz CT molecular complexity index is 1220. The molecular weight excluding hydrogens is 540 g/mol. The normalized spacial score (nSPS) is 17.8. The van der Waals surface area contributed by atoms with E-state index in [2.05, 4.69) is 17.6 Å². The molecule has 0 aromatic heterocycles. The van der Waals surface area contributed by atoms with Gasteiger partial charge in [-0.2, -0.15) is 0 Å². The van der Waals surface area contributed by atoms with Gasteiger partial charge in [0.25, 0.3) is 0 Å². The van der Waals surface area contributed by atoms with Gasteiger partial charge in [-0.1, -0.05) is 97.9 Å². The number of rotatable bonds is 12. The summed E-state index contributed by atoms with van der Waals surface area (Å²) >= 11 is 1.65. The number of hydrogen-bond acceptors (Lipinski definition) is 8. The van der Waals surface area contributed by atoms with Crippen LogP contribution < -0.4 is 10.6 Å². The zero-order valence-corrected chi connectivity index (χ0v) is 24.0. The number of carbonyl (C=O) groups is 3. The van der Waals surface area contributed by atoms with E-state index < -0.39 is 24.2 Å². The van der Waals surface area contributed by atoms with E-state index in [-0.39, 0.29) is 29.9 Å². The third-order valence-corrected chi connectivity index (χ3v) is 8.43. The molecule has 0 spiro atoms. The molecule has 0 aliphatic carbocycles. The molecule has 0 saturated carbocycles. The number of benzene rings is 3. The molecule has 3 aromatic carbocycles. The smallest absolute Gasteiger partial charge is 0.408 e. The zero-order chi connectivity index (χ0) is 29.0. The van der Waals surface area contributed by atoms with Crippen molar-refractivity contribution < 1.29 is 28.6 Å². The largest absolute Gasteiger partial charge is 0.468 e. The molecule has 4 atom stereocenters. The molecule has 1 aliphatic heterocycles. The van der Waals surface area contributed by atoms with Crippen molar-refractivity contribution in [2.75, 3.05) is 12.9 Å². The standard InChI is InChI=1S/C32H36N2O6S/c1-22(29-33-27(21-41-29)30(35)38-2)18-19-26(34-32(37)39-20-23-12-6-3-7-13-23)31(36)40-28(24-14-8-4-9-15-24)25-16-10-5-11-17-25/h3-17,22,26-29,33H,18-21H2,1-2H3,(H,34,37)/t22-,26-,27+,29+/m1/s1. The quantitative estimate of drug-likeness (QED) is 0.223. The van der Waals surface area contributed by atoms with E-state index in [1.54, 1.807) is 11.8 Å². The first-order valence-corrected chi connectivity index (χ1v) is 14.7. The second-order valence-electron chi connectivity index (χ2n) is 9.95. The van der Waals surface area contributed by atoms with Crippen molar-refractivity contribution in [2.45, 2.75) is 49.9 Å². The number of alkyl carbamates (subject to hydrolysis) is 1. The van der Waals surface area contributed by atoms with Gasteiger partial charge >= 0.3 is 18.0 Å². The minimum atomic E-state index is -0.932. The van der Waals surface area contributed by atoms with Crippen LogP contribution in [0.25, 0.3) is 0 Å². The maximum atomic E-state index is 13.6. The van der Waals surface area contributed by atoms with Crippen molar-refractivity contribution in [3.05, 3.63) is 108 Å². The molecule has 1 aliphatic rings. The van der Waals surface area contributed by atoms with Crippen molar-refractivity contribution in [2.24, 2.45) is 5.92 Å². The number of ether oxygens (including phenoxy) is 3. The van der Waals surface area contributed by atoms with Crippen LogP contribution in [-0.2, 0) is 30.4 Å². The lowest BCUT2D eigenvalue weighted by Gasteiger charge is -2.25. The highest BCUT2D eigenvalue weighted by molar-refractivity contribution is 8.00. The fourth-order valence-corrected chi connectivity index (χ4v) is 5.98. The number of thioether (sulfide) groups is 1. The summed E-state index contributed by atoms with van der Waals surface area (Å²) in [5.74, 6) is -0.117. The lowest BCUT2D eigenvalue weighted by atomic mass is 9.99. The summed E-state index contributed by atoms with van der Waals surface area (Å²) in [6.45, 7) is 2.14. The lowest BCUT2D eigenvalue weighted by Crippen LogP contribution is -2.43. The Kier molecular flexibility index (Phi) is 11.2. The Morgan fingerprint density at radius 2 is 1.49 bits per heavy atom. The first kappa shape index (κ1) is 30.1. The first-order chi connectivity index (χ1) is 19.9. The maximum Gasteiger partial charge on any atom is 0.408 e. The molecule has 4 rings (SSSR count). The molecule has 0 bridgehead atoms. The van der Waals surface area contributed by atoms with E-state index in [0.717, 1.165) is 16.7 Å². The molecule has 2 N–H and O–H groups in total. The van der Waals surface area contributed by atoms with Crippen LogP contribution in [0.2, 0.25) is 0 Å². The van der Waals surface area contributed by atoms with Gasteiger partial charge in [0.1, 0.15) is 18.7 Å². The fourth-order valence-electron chi connectivity index (χ4n) is 4.62. The predicted octanol–water partition coefficient (Wildman–Crippen LogP) is 5.23. The Hall–Kier alpha value is -3.82. The number of hydrogen-bond donors (Lipinski definition) is 2. The minimum Gasteiger partial charge on any atom is -0.468 e. The van der Waals surface area contributed by atoms with Crippen molar-refractivity contribution in [1.29, 1.82) is 0 Å². The van der Waals surface area contributed by atoms with Crippen molar-refractivity contribution in [3.8, 4) is 0 Å². The summed E-state index contributed by atoms with van der Waals surface area (Å²) in [4.78, 5) is 38.4. The molecule has 8 nitrogen and oxygen atoms in total. The van der Waals surface area contributed by atoms with Crippen LogP contribution in [0.1, 0.15) is 42.6 Å². The lowest BCUT2D eigenvalue weighted by molar-refractivity contribution is -0.150. The van der Waals surface area contributed by atoms with Crippen LogP contribution >= 0.6 is 11.8 Å². The highest BCUT2D eigenvalue weighted by atomic mass is 32.2. The minimum absolute atomic E-state index is 0.0159. The van der Waals surface area contributed by atoms with Crippen LogP contribution in [-0.4, -0.2) is 48.4 Å². The van der Waals surface area contributed by atoms with Gasteiger partial charge in [-0.25, -0.2) is 9.59 Å². The summed E-state index contributed by atoms with van der Waals surface area (Å²) in [7, 11) is 1.38. The van der Waals surface area contributed by atoms with Gasteiger partial charge in [-0.3, -0.25) is 10.1 Å². The molecule has 9 heteroatoms. The summed E-state index contributed by atoms with van der Waals surface area (Å²) in [6.07, 6.45) is -0.407. The molecule has 1 fully saturated rings. The summed E-state index contributed by atoms with van der Waals surface area (Å²) in [5, 5.41) is 6.07. The van der Waals surface area contributed by atoms with E-state index in [1.165, 1.54) is 7.11 Å². The second kappa shape index (κ2) is 15.3. The number of nitrogens with one attached hydrogen (secondary N) is 2. The molecule has 1 heterocycles. The summed E-state index contributed by atoms with van der Waals surface area (Å²) in [5.41, 5.74) is 2.49. The van der Waals surface area contributed by atoms with Gasteiger partial charge in [-0.05, 0) is 35.4 Å². The van der Waals surface area contributed by atoms with E-state index in [9.17, 15) is 14.4 Å². The molecule has 0 unspecified atom stereocenters. The summed E-state index contributed by atoms with van der Waals surface area (Å²) in [6, 6.07) is 27.1. The van der Waals surface area contributed by atoms with E-state index >= 15 is 0 Å². The van der Waals surface area contributed by atoms with E-state index in [1.807, 2.05) is 91.0 Å². The monoisotopic (exact) mass is 576 g/mol. The topological polar surface area (TPSA) is 103 Å². The third-order valence-electron chi connectivity index (χ3n) is 6.95. The van der Waals surface area contributed by atoms with Gasteiger partial charge in [0, 0.05) is 5.75 Å². The van der Waals surface area contributed by atoms with Crippen molar-refractivity contribution in [3.63, 3.8) is 0 Å². The van der Waals surface area contributed by atoms with Gasteiger partial charge in [-0.15, -0.1) is 11.8 Å². The van der Waals surface area contributed by atoms with E-state index in [4.69, 9.17) is 14.2 Å². The van der Waals surface area contributed by atoms with Crippen LogP contribution in [0.5, 0.6) is 0 Å². The highest BCUT2D eigenvalue weighted by Crippen LogP contribution is 2.30.